The van der Waals surface area contributed by atoms with Crippen LogP contribution in [0, 0.1) is 0 Å². The zero-order valence-electron chi connectivity index (χ0n) is 7.17. The van der Waals surface area contributed by atoms with E-state index in [0.29, 0.717) is 0 Å². The Kier molecular flexibility index (Phi) is 10.1. The third-order valence-electron chi connectivity index (χ3n) is 0.878. The van der Waals surface area contributed by atoms with E-state index in [9.17, 15) is 9.59 Å². The minimum Gasteiger partial charge on any atom is -0.453 e. The predicted molar refractivity (Wildman–Crippen MR) is 64.8 cm³/mol. The summed E-state index contributed by atoms with van der Waals surface area (Å²) in [5.41, 5.74) is 0. The maximum atomic E-state index is 10.6. The van der Waals surface area contributed by atoms with Gasteiger partial charge in [-0.2, -0.15) is 25.3 Å². The van der Waals surface area contributed by atoms with Crippen molar-refractivity contribution in [3.63, 3.8) is 0 Å². The van der Waals surface area contributed by atoms with Crippen molar-refractivity contribution in [1.82, 2.24) is 0 Å². The van der Waals surface area contributed by atoms with Gasteiger partial charge in [0, 0.05) is 0 Å². The molecule has 82 valence electrons. The van der Waals surface area contributed by atoms with Crippen molar-refractivity contribution in [3.05, 3.63) is 0 Å². The second-order valence-electron chi connectivity index (χ2n) is 1.82. The summed E-state index contributed by atoms with van der Waals surface area (Å²) in [6.45, 7) is 0. The molecule has 0 saturated heterocycles. The smallest absolute Gasteiger partial charge is 0.316 e. The zero-order chi connectivity index (χ0) is 10.8. The molecule has 0 aliphatic heterocycles. The Morgan fingerprint density at radius 1 is 0.929 bits per heavy atom. The molecule has 0 amide bonds. The largest absolute Gasteiger partial charge is 0.453 e. The van der Waals surface area contributed by atoms with E-state index < -0.39 is 0 Å². The van der Waals surface area contributed by atoms with Gasteiger partial charge in [0.1, 0.15) is 11.9 Å². The second-order valence-corrected chi connectivity index (χ2v) is 4.81. The van der Waals surface area contributed by atoms with Gasteiger partial charge in [-0.15, -0.1) is 0 Å². The number of carbonyl (C=O) groups excluding carboxylic acids is 2. The van der Waals surface area contributed by atoms with Gasteiger partial charge in [-0.3, -0.25) is 9.59 Å². The zero-order valence-corrected chi connectivity index (χ0v) is 10.6. The fraction of sp³-hybridized carbons (Fsp3) is 0.667. The molecule has 0 unspecified atom stereocenters. The summed E-state index contributed by atoms with van der Waals surface area (Å²) in [6.07, 6.45) is 0. The van der Waals surface area contributed by atoms with Crippen molar-refractivity contribution >= 4 is 58.8 Å². The van der Waals surface area contributed by atoms with Crippen LogP contribution in [0.5, 0.6) is 0 Å². The molecule has 0 spiro atoms. The Morgan fingerprint density at radius 2 is 1.29 bits per heavy atom. The molecule has 0 aliphatic carbocycles. The highest BCUT2D eigenvalue weighted by atomic mass is 33.1. The molecule has 0 N–H and O–H groups in total. The molecule has 0 saturated carbocycles. The van der Waals surface area contributed by atoms with E-state index in [2.05, 4.69) is 25.3 Å². The highest BCUT2D eigenvalue weighted by molar-refractivity contribution is 8.76. The minimum atomic E-state index is -0.367. The van der Waals surface area contributed by atoms with Crippen molar-refractivity contribution in [1.29, 1.82) is 0 Å². The van der Waals surface area contributed by atoms with E-state index in [1.54, 1.807) is 0 Å². The quantitative estimate of drug-likeness (QED) is 0.239. The molecule has 4 nitrogen and oxygen atoms in total. The van der Waals surface area contributed by atoms with Crippen LogP contribution >= 0.6 is 46.8 Å². The molecule has 0 bridgehead atoms. The fourth-order valence-electron chi connectivity index (χ4n) is 0.339. The monoisotopic (exact) mass is 274 g/mol. The number of hydrogen-bond acceptors (Lipinski definition) is 8. The lowest BCUT2D eigenvalue weighted by molar-refractivity contribution is -0.139. The molecule has 0 atom stereocenters. The maximum Gasteiger partial charge on any atom is 0.316 e. The van der Waals surface area contributed by atoms with Gasteiger partial charge in [0.2, 0.25) is 0 Å². The van der Waals surface area contributed by atoms with Crippen LogP contribution in [0.4, 0.5) is 0 Å². The lowest BCUT2D eigenvalue weighted by Gasteiger charge is -2.02. The van der Waals surface area contributed by atoms with Crippen LogP contribution in [0.25, 0.3) is 0 Å². The third-order valence-corrected chi connectivity index (χ3v) is 3.07. The first-order valence-electron chi connectivity index (χ1n) is 3.48. The normalized spacial score (nSPS) is 9.57. The molecular weight excluding hydrogens is 264 g/mol. The number of hydrogen-bond donors (Lipinski definition) is 2. The SMILES string of the molecule is O=C(CS)OCSSCOC(=O)CS. The van der Waals surface area contributed by atoms with E-state index in [4.69, 9.17) is 9.47 Å². The fourth-order valence-corrected chi connectivity index (χ4v) is 1.71. The van der Waals surface area contributed by atoms with E-state index >= 15 is 0 Å². The lowest BCUT2D eigenvalue weighted by atomic mass is 10.8. The van der Waals surface area contributed by atoms with Crippen molar-refractivity contribution < 1.29 is 19.1 Å². The number of rotatable bonds is 7. The van der Waals surface area contributed by atoms with Crippen LogP contribution < -0.4 is 0 Å². The summed E-state index contributed by atoms with van der Waals surface area (Å²) >= 11 is 7.46. The highest BCUT2D eigenvalue weighted by Gasteiger charge is 2.00. The molecule has 14 heavy (non-hydrogen) atoms. The molecule has 0 radical (unpaired) electrons. The van der Waals surface area contributed by atoms with Gasteiger partial charge < -0.3 is 9.47 Å². The average molecular weight is 274 g/mol. The van der Waals surface area contributed by atoms with Crippen LogP contribution in [0.2, 0.25) is 0 Å². The third kappa shape index (κ3) is 8.92. The van der Waals surface area contributed by atoms with Gasteiger partial charge in [0.15, 0.2) is 0 Å². The number of ether oxygens (including phenoxy) is 2. The van der Waals surface area contributed by atoms with Crippen LogP contribution in [0.1, 0.15) is 0 Å². The second kappa shape index (κ2) is 9.88. The Bertz CT molecular complexity index is 167. The summed E-state index contributed by atoms with van der Waals surface area (Å²) in [4.78, 5) is 21.2. The molecule has 0 rings (SSSR count). The molecule has 0 aromatic heterocycles. The number of carbonyl (C=O) groups is 2. The predicted octanol–water partition coefficient (Wildman–Crippen LogP) is 1.23. The van der Waals surface area contributed by atoms with E-state index in [-0.39, 0.29) is 35.3 Å². The van der Waals surface area contributed by atoms with E-state index in [0.717, 1.165) is 0 Å². The van der Waals surface area contributed by atoms with Crippen molar-refractivity contribution in [2.45, 2.75) is 0 Å². The first kappa shape index (κ1) is 14.3. The average Bonchev–Trinajstić information content (AvgIpc) is 2.22. The standard InChI is InChI=1S/C6H10O4S4/c7-5(1-11)9-3-13-14-4-10-6(8)2-12/h11-12H,1-4H2. The Balaban J connectivity index is 3.14. The van der Waals surface area contributed by atoms with Gasteiger partial charge in [-0.1, -0.05) is 0 Å². The van der Waals surface area contributed by atoms with Crippen molar-refractivity contribution in [3.8, 4) is 0 Å². The molecule has 0 aromatic rings. The first-order valence-corrected chi connectivity index (χ1v) is 7.23. The number of esters is 2. The van der Waals surface area contributed by atoms with Crippen molar-refractivity contribution in [2.75, 3.05) is 23.4 Å². The Labute approximate surface area is 101 Å². The minimum absolute atomic E-state index is 0.0693. The lowest BCUT2D eigenvalue weighted by Crippen LogP contribution is -2.05. The van der Waals surface area contributed by atoms with Gasteiger partial charge in [-0.05, 0) is 21.6 Å². The molecule has 0 aliphatic rings. The summed E-state index contributed by atoms with van der Waals surface area (Å²) in [6, 6.07) is 0. The summed E-state index contributed by atoms with van der Waals surface area (Å²) in [5.74, 6) is -0.146. The first-order chi connectivity index (χ1) is 6.70. The molecule has 0 aromatic carbocycles. The van der Waals surface area contributed by atoms with Crippen LogP contribution in [0.3, 0.4) is 0 Å². The van der Waals surface area contributed by atoms with Gasteiger partial charge in [0.05, 0.1) is 11.5 Å². The van der Waals surface area contributed by atoms with Gasteiger partial charge in [0.25, 0.3) is 0 Å². The van der Waals surface area contributed by atoms with E-state index in [1.807, 2.05) is 0 Å². The molecule has 0 fully saturated rings. The molecule has 0 heterocycles. The summed E-state index contributed by atoms with van der Waals surface area (Å²) < 4.78 is 9.39. The van der Waals surface area contributed by atoms with Gasteiger partial charge >= 0.3 is 11.9 Å². The topological polar surface area (TPSA) is 52.6 Å². The maximum absolute atomic E-state index is 10.6. The van der Waals surface area contributed by atoms with Crippen LogP contribution in [-0.4, -0.2) is 35.3 Å². The van der Waals surface area contributed by atoms with E-state index in [1.165, 1.54) is 21.6 Å². The highest BCUT2D eigenvalue weighted by Crippen LogP contribution is 2.21. The van der Waals surface area contributed by atoms with Gasteiger partial charge in [-0.25, -0.2) is 0 Å². The summed E-state index contributed by atoms with van der Waals surface area (Å²) in [5, 5.41) is 0. The Hall–Kier alpha value is 0.340. The summed E-state index contributed by atoms with van der Waals surface area (Å²) in [7, 11) is 2.57. The van der Waals surface area contributed by atoms with Crippen LogP contribution in [0.15, 0.2) is 0 Å². The van der Waals surface area contributed by atoms with Crippen molar-refractivity contribution in [2.24, 2.45) is 0 Å². The molecular formula is C6H10O4S4. The Morgan fingerprint density at radius 3 is 1.57 bits per heavy atom. The molecule has 8 heteroatoms. The van der Waals surface area contributed by atoms with Crippen LogP contribution in [-0.2, 0) is 19.1 Å². The number of thiol groups is 2.